The van der Waals surface area contributed by atoms with Crippen LogP contribution in [0.2, 0.25) is 0 Å². The first-order chi connectivity index (χ1) is 1.91. The van der Waals surface area contributed by atoms with Crippen LogP contribution in [-0.4, -0.2) is 6.54 Å². The summed E-state index contributed by atoms with van der Waals surface area (Å²) in [4.78, 5) is 0. The van der Waals surface area contributed by atoms with Crippen LogP contribution in [0.15, 0.2) is 0 Å². The zero-order valence-corrected chi connectivity index (χ0v) is 9.75. The van der Waals surface area contributed by atoms with Crippen LogP contribution in [0.1, 0.15) is 13.3 Å². The van der Waals surface area contributed by atoms with Crippen LogP contribution in [0.5, 0.6) is 0 Å². The topological polar surface area (TPSA) is 23.8 Å². The summed E-state index contributed by atoms with van der Waals surface area (Å²) in [5, 5.41) is 0. The van der Waals surface area contributed by atoms with Crippen LogP contribution >= 0.6 is 0 Å². The Morgan fingerprint density at radius 2 is 1.50 bits per heavy atom. The fourth-order valence-electron chi connectivity index (χ4n) is 0. The summed E-state index contributed by atoms with van der Waals surface area (Å²) < 4.78 is 0. The molecule has 0 saturated carbocycles. The van der Waals surface area contributed by atoms with E-state index in [9.17, 15) is 0 Å². The van der Waals surface area contributed by atoms with Gasteiger partial charge in [-0.3, -0.25) is 0 Å². The second-order valence-electron chi connectivity index (χ2n) is 0.750. The van der Waals surface area contributed by atoms with Crippen molar-refractivity contribution in [2.24, 2.45) is 0 Å². The second kappa shape index (κ2) is 15.7. The summed E-state index contributed by atoms with van der Waals surface area (Å²) in [5.74, 6) is 0. The van der Waals surface area contributed by atoms with E-state index in [1.54, 1.807) is 0 Å². The van der Waals surface area contributed by atoms with Crippen LogP contribution in [0.3, 0.4) is 0 Å². The van der Waals surface area contributed by atoms with Gasteiger partial charge in [0.15, 0.2) is 0 Å². The van der Waals surface area contributed by atoms with Crippen LogP contribution in [0.25, 0.3) is 5.73 Å². The summed E-state index contributed by atoms with van der Waals surface area (Å²) in [6.45, 7) is 2.56. The molecule has 0 heterocycles. The molecule has 3 heteroatoms. The standard InChI is InChI=1S/C3H8N.2Y/c1-2-3-4;;/h4H,2-3H2,1H3;;/q-1;;. The zero-order chi connectivity index (χ0) is 3.41. The van der Waals surface area contributed by atoms with Gasteiger partial charge in [0, 0.05) is 65.4 Å². The quantitative estimate of drug-likeness (QED) is 0.657. The van der Waals surface area contributed by atoms with Crippen molar-refractivity contribution in [2.75, 3.05) is 6.54 Å². The van der Waals surface area contributed by atoms with Crippen molar-refractivity contribution >= 4 is 0 Å². The van der Waals surface area contributed by atoms with Crippen molar-refractivity contribution in [3.8, 4) is 0 Å². The molecular formula is C3H8NY2-. The van der Waals surface area contributed by atoms with Gasteiger partial charge in [0.2, 0.25) is 0 Å². The van der Waals surface area contributed by atoms with Crippen molar-refractivity contribution in [1.82, 2.24) is 0 Å². The molecule has 0 amide bonds. The number of rotatable bonds is 1. The molecule has 0 atom stereocenters. The summed E-state index contributed by atoms with van der Waals surface area (Å²) in [6, 6.07) is 0. The van der Waals surface area contributed by atoms with E-state index in [1.165, 1.54) is 0 Å². The molecule has 2 radical (unpaired) electrons. The first-order valence-electron chi connectivity index (χ1n) is 1.56. The van der Waals surface area contributed by atoms with E-state index in [0.29, 0.717) is 6.54 Å². The van der Waals surface area contributed by atoms with Crippen LogP contribution in [-0.2, 0) is 65.4 Å². The van der Waals surface area contributed by atoms with Crippen LogP contribution in [0.4, 0.5) is 0 Å². The Morgan fingerprint density at radius 1 is 1.33 bits per heavy atom. The van der Waals surface area contributed by atoms with Gasteiger partial charge in [0.1, 0.15) is 0 Å². The van der Waals surface area contributed by atoms with Gasteiger partial charge in [-0.1, -0.05) is 13.3 Å². The molecule has 0 aliphatic rings. The molecule has 0 bridgehead atoms. The summed E-state index contributed by atoms with van der Waals surface area (Å²) in [7, 11) is 0. The first-order valence-corrected chi connectivity index (χ1v) is 1.56. The van der Waals surface area contributed by atoms with E-state index >= 15 is 0 Å². The van der Waals surface area contributed by atoms with Gasteiger partial charge >= 0.3 is 0 Å². The second-order valence-corrected chi connectivity index (χ2v) is 0.750. The van der Waals surface area contributed by atoms with Crippen LogP contribution in [0, 0.1) is 0 Å². The normalized spacial score (nSPS) is 5.00. The molecule has 0 saturated heterocycles. The predicted molar refractivity (Wildman–Crippen MR) is 19.5 cm³/mol. The third-order valence-electron chi connectivity index (χ3n) is 0.250. The monoisotopic (exact) mass is 236 g/mol. The van der Waals surface area contributed by atoms with E-state index in [1.807, 2.05) is 6.92 Å². The molecule has 0 aromatic rings. The van der Waals surface area contributed by atoms with E-state index in [-0.39, 0.29) is 65.4 Å². The van der Waals surface area contributed by atoms with Gasteiger partial charge in [-0.15, -0.1) is 0 Å². The maximum absolute atomic E-state index is 6.45. The Kier molecular flexibility index (Phi) is 41.1. The smallest absolute Gasteiger partial charge is 0 e. The summed E-state index contributed by atoms with van der Waals surface area (Å²) >= 11 is 0. The van der Waals surface area contributed by atoms with Crippen molar-refractivity contribution in [1.29, 1.82) is 0 Å². The Hall–Kier alpha value is 2.17. The van der Waals surface area contributed by atoms with E-state index in [2.05, 4.69) is 0 Å². The van der Waals surface area contributed by atoms with Crippen molar-refractivity contribution in [3.05, 3.63) is 5.73 Å². The Bertz CT molecular complexity index is 10.8. The largest absolute Gasteiger partial charge is 0.677 e. The molecule has 0 spiro atoms. The molecule has 0 unspecified atom stereocenters. The summed E-state index contributed by atoms with van der Waals surface area (Å²) in [5.41, 5.74) is 6.45. The molecule has 0 fully saturated rings. The van der Waals surface area contributed by atoms with Crippen molar-refractivity contribution in [2.45, 2.75) is 13.3 Å². The summed E-state index contributed by atoms with van der Waals surface area (Å²) in [6.07, 6.45) is 0.986. The number of nitrogens with one attached hydrogen (secondary N) is 1. The molecule has 1 N–H and O–H groups in total. The minimum Gasteiger partial charge on any atom is -0.677 e. The van der Waals surface area contributed by atoms with Crippen LogP contribution < -0.4 is 0 Å². The third kappa shape index (κ3) is 16.4. The molecule has 0 aliphatic carbocycles. The molecule has 6 heavy (non-hydrogen) atoms. The minimum atomic E-state index is 0. The van der Waals surface area contributed by atoms with Crippen molar-refractivity contribution < 1.29 is 65.4 Å². The fraction of sp³-hybridized carbons (Fsp3) is 1.00. The maximum Gasteiger partial charge on any atom is 0 e. The average Bonchev–Trinajstić information content (AvgIpc) is 1.37. The SMILES string of the molecule is CCC[NH-].[Y].[Y]. The van der Waals surface area contributed by atoms with Gasteiger partial charge in [-0.25, -0.2) is 0 Å². The molecular weight excluding hydrogens is 228 g/mol. The van der Waals surface area contributed by atoms with E-state index in [4.69, 9.17) is 5.73 Å². The fourth-order valence-corrected chi connectivity index (χ4v) is 0. The molecule has 32 valence electrons. The van der Waals surface area contributed by atoms with Gasteiger partial charge < -0.3 is 5.73 Å². The average molecular weight is 236 g/mol. The van der Waals surface area contributed by atoms with E-state index < -0.39 is 0 Å². The molecule has 0 aliphatic heterocycles. The third-order valence-corrected chi connectivity index (χ3v) is 0.250. The Balaban J connectivity index is -0.0000000450. The molecule has 0 rings (SSSR count). The number of hydrogen-bond acceptors (Lipinski definition) is 0. The van der Waals surface area contributed by atoms with Gasteiger partial charge in [-0.05, 0) is 0 Å². The minimum absolute atomic E-state index is 0. The molecule has 0 aromatic heterocycles. The maximum atomic E-state index is 6.45. The van der Waals surface area contributed by atoms with Gasteiger partial charge in [0.05, 0.1) is 0 Å². The van der Waals surface area contributed by atoms with Gasteiger partial charge in [-0.2, -0.15) is 6.54 Å². The zero-order valence-electron chi connectivity index (χ0n) is 4.07. The Labute approximate surface area is 89.6 Å². The first kappa shape index (κ1) is 15.7. The van der Waals surface area contributed by atoms with Crippen molar-refractivity contribution in [3.63, 3.8) is 0 Å². The number of hydrogen-bond donors (Lipinski definition) is 0. The Morgan fingerprint density at radius 3 is 1.50 bits per heavy atom. The molecule has 0 aromatic carbocycles. The molecule has 1 nitrogen and oxygen atoms in total. The van der Waals surface area contributed by atoms with E-state index in [0.717, 1.165) is 6.42 Å². The predicted octanol–water partition coefficient (Wildman–Crippen LogP) is 1.44. The van der Waals surface area contributed by atoms with Gasteiger partial charge in [0.25, 0.3) is 0 Å².